The van der Waals surface area contributed by atoms with E-state index in [-0.39, 0.29) is 12.5 Å². The van der Waals surface area contributed by atoms with Crippen LogP contribution in [0, 0.1) is 0 Å². The number of nitrogens with zero attached hydrogens (tertiary/aromatic N) is 2. The number of nitrogens with one attached hydrogen (secondary N) is 1. The molecule has 3 aromatic carbocycles. The third-order valence-electron chi connectivity index (χ3n) is 7.81. The molecule has 0 saturated carbocycles. The zero-order chi connectivity index (χ0) is 31.6. The first-order valence-corrected chi connectivity index (χ1v) is 15.1. The molecule has 0 aliphatic carbocycles. The smallest absolute Gasteiger partial charge is 0.411 e. The maximum absolute atomic E-state index is 13.7. The summed E-state index contributed by atoms with van der Waals surface area (Å²) in [6.45, 7) is 10.4. The van der Waals surface area contributed by atoms with Crippen molar-refractivity contribution in [3.63, 3.8) is 0 Å². The number of hydrogen-bond acceptors (Lipinski definition) is 7. The molecule has 3 aromatic rings. The topological polar surface area (TPSA) is 97.4 Å². The van der Waals surface area contributed by atoms with Crippen LogP contribution in [0.4, 0.5) is 4.79 Å². The molecule has 4 rings (SSSR count). The van der Waals surface area contributed by atoms with Crippen LogP contribution >= 0.6 is 0 Å². The molecule has 1 heterocycles. The summed E-state index contributed by atoms with van der Waals surface area (Å²) in [6, 6.07) is 22.1. The van der Waals surface area contributed by atoms with Gasteiger partial charge in [-0.25, -0.2) is 9.59 Å². The Morgan fingerprint density at radius 3 is 2.25 bits per heavy atom. The lowest BCUT2D eigenvalue weighted by Gasteiger charge is -2.36. The number of carbonyl (C=O) groups is 3. The Hall–Kier alpha value is -4.37. The number of rotatable bonds is 12. The predicted octanol–water partition coefficient (Wildman–Crippen LogP) is 5.52. The fourth-order valence-electron chi connectivity index (χ4n) is 5.51. The maximum atomic E-state index is 13.7. The molecule has 0 spiro atoms. The van der Waals surface area contributed by atoms with Crippen molar-refractivity contribution in [1.82, 2.24) is 15.1 Å². The van der Waals surface area contributed by atoms with Gasteiger partial charge in [0, 0.05) is 31.7 Å². The van der Waals surface area contributed by atoms with E-state index in [9.17, 15) is 14.4 Å². The summed E-state index contributed by atoms with van der Waals surface area (Å²) >= 11 is 0. The van der Waals surface area contributed by atoms with Gasteiger partial charge in [0.05, 0.1) is 12.7 Å². The van der Waals surface area contributed by atoms with Crippen molar-refractivity contribution < 1.29 is 28.6 Å². The number of fused-ring (bicyclic) bond motifs is 1. The number of benzene rings is 3. The van der Waals surface area contributed by atoms with Crippen molar-refractivity contribution in [3.8, 4) is 5.75 Å². The Morgan fingerprint density at radius 2 is 1.59 bits per heavy atom. The van der Waals surface area contributed by atoms with Crippen LogP contribution < -0.4 is 10.1 Å². The van der Waals surface area contributed by atoms with Crippen molar-refractivity contribution in [2.24, 2.45) is 0 Å². The van der Waals surface area contributed by atoms with E-state index in [0.717, 1.165) is 16.7 Å². The number of amides is 2. The minimum atomic E-state index is -0.845. The van der Waals surface area contributed by atoms with Gasteiger partial charge in [0.2, 0.25) is 5.91 Å². The molecular formula is C35H43N3O6. The number of esters is 1. The molecule has 1 aliphatic rings. The van der Waals surface area contributed by atoms with Crippen molar-refractivity contribution >= 4 is 18.0 Å². The van der Waals surface area contributed by atoms with E-state index in [1.165, 1.54) is 12.0 Å². The molecule has 9 heteroatoms. The van der Waals surface area contributed by atoms with Gasteiger partial charge in [-0.15, -0.1) is 0 Å². The molecule has 1 unspecified atom stereocenters. The average Bonchev–Trinajstić information content (AvgIpc) is 3.03. The second kappa shape index (κ2) is 15.4. The summed E-state index contributed by atoms with van der Waals surface area (Å²) in [4.78, 5) is 42.7. The van der Waals surface area contributed by atoms with Gasteiger partial charge in [-0.2, -0.15) is 0 Å². The average molecular weight is 602 g/mol. The van der Waals surface area contributed by atoms with Crippen LogP contribution in [0.2, 0.25) is 0 Å². The first-order valence-electron chi connectivity index (χ1n) is 15.1. The van der Waals surface area contributed by atoms with Crippen LogP contribution in [0.1, 0.15) is 66.3 Å². The van der Waals surface area contributed by atoms with Crippen molar-refractivity contribution in [2.45, 2.75) is 65.5 Å². The highest BCUT2D eigenvalue weighted by molar-refractivity contribution is 5.89. The monoisotopic (exact) mass is 601 g/mol. The van der Waals surface area contributed by atoms with Crippen LogP contribution in [0.15, 0.2) is 72.8 Å². The van der Waals surface area contributed by atoms with E-state index >= 15 is 0 Å². The van der Waals surface area contributed by atoms with Crippen molar-refractivity contribution in [2.75, 3.05) is 26.7 Å². The van der Waals surface area contributed by atoms with Crippen LogP contribution in [-0.2, 0) is 33.9 Å². The highest BCUT2D eigenvalue weighted by Crippen LogP contribution is 2.33. The molecular weight excluding hydrogens is 558 g/mol. The van der Waals surface area contributed by atoms with Gasteiger partial charge in [0.15, 0.2) is 0 Å². The Kier molecular flexibility index (Phi) is 11.4. The van der Waals surface area contributed by atoms with E-state index in [2.05, 4.69) is 37.9 Å². The molecule has 9 nitrogen and oxygen atoms in total. The minimum absolute atomic E-state index is 0.00197. The van der Waals surface area contributed by atoms with Gasteiger partial charge in [-0.1, -0.05) is 48.5 Å². The fourth-order valence-corrected chi connectivity index (χ4v) is 5.51. The van der Waals surface area contributed by atoms with E-state index in [0.29, 0.717) is 61.6 Å². The first-order chi connectivity index (χ1) is 21.2. The SMILES string of the molecule is COC(=O)c1ccc(COC(=O)N2CCc3cc(OCc4ccccc4)ccc3C2C(=O)NCCN(C(C)C)C(C)C)cc1. The Bertz CT molecular complexity index is 1400. The number of carbonyl (C=O) groups excluding carboxylic acids is 3. The summed E-state index contributed by atoms with van der Waals surface area (Å²) in [6.07, 6.45) is -0.0257. The molecule has 1 atom stereocenters. The molecule has 44 heavy (non-hydrogen) atoms. The van der Waals surface area contributed by atoms with E-state index in [1.807, 2.05) is 48.5 Å². The number of ether oxygens (including phenoxy) is 3. The molecule has 2 amide bonds. The van der Waals surface area contributed by atoms with Crippen molar-refractivity contribution in [3.05, 3.63) is 101 Å². The summed E-state index contributed by atoms with van der Waals surface area (Å²) < 4.78 is 16.4. The molecule has 234 valence electrons. The van der Waals surface area contributed by atoms with Gasteiger partial charge in [-0.3, -0.25) is 14.6 Å². The first kappa shape index (κ1) is 32.5. The van der Waals surface area contributed by atoms with Crippen LogP contribution in [-0.4, -0.2) is 66.6 Å². The number of methoxy groups -OCH3 is 1. The van der Waals surface area contributed by atoms with Crippen LogP contribution in [0.3, 0.4) is 0 Å². The third kappa shape index (κ3) is 8.38. The zero-order valence-electron chi connectivity index (χ0n) is 26.2. The maximum Gasteiger partial charge on any atom is 0.411 e. The molecule has 0 fully saturated rings. The second-order valence-corrected chi connectivity index (χ2v) is 11.4. The second-order valence-electron chi connectivity index (χ2n) is 11.4. The highest BCUT2D eigenvalue weighted by Gasteiger charge is 2.37. The molecule has 0 radical (unpaired) electrons. The zero-order valence-corrected chi connectivity index (χ0v) is 26.2. The summed E-state index contributed by atoms with van der Waals surface area (Å²) in [7, 11) is 1.32. The summed E-state index contributed by atoms with van der Waals surface area (Å²) in [5.74, 6) is 0.0198. The quantitative estimate of drug-likeness (QED) is 0.273. The van der Waals surface area contributed by atoms with Gasteiger partial charge < -0.3 is 19.5 Å². The van der Waals surface area contributed by atoms with Gasteiger partial charge in [0.25, 0.3) is 0 Å². The number of hydrogen-bond donors (Lipinski definition) is 1. The predicted molar refractivity (Wildman–Crippen MR) is 168 cm³/mol. The molecule has 0 bridgehead atoms. The Morgan fingerprint density at radius 1 is 0.909 bits per heavy atom. The van der Waals surface area contributed by atoms with E-state index in [1.54, 1.807) is 24.3 Å². The molecule has 1 N–H and O–H groups in total. The van der Waals surface area contributed by atoms with Gasteiger partial charge in [0.1, 0.15) is 25.0 Å². The third-order valence-corrected chi connectivity index (χ3v) is 7.81. The van der Waals surface area contributed by atoms with E-state index < -0.39 is 18.1 Å². The lowest BCUT2D eigenvalue weighted by molar-refractivity contribution is -0.126. The van der Waals surface area contributed by atoms with Crippen LogP contribution in [0.5, 0.6) is 5.75 Å². The minimum Gasteiger partial charge on any atom is -0.489 e. The summed E-state index contributed by atoms with van der Waals surface area (Å²) in [5, 5.41) is 3.07. The molecule has 1 aliphatic heterocycles. The summed E-state index contributed by atoms with van der Waals surface area (Å²) in [5.41, 5.74) is 3.90. The standard InChI is InChI=1S/C35H43N3O6/c1-24(2)37(25(3)4)20-18-36-33(39)32-31-16-15-30(43-22-26-9-7-6-8-10-26)21-29(31)17-19-38(32)35(41)44-23-27-11-13-28(14-12-27)34(40)42-5/h6-16,21,24-25,32H,17-20,22-23H2,1-5H3,(H,36,39). The van der Waals surface area contributed by atoms with Gasteiger partial charge >= 0.3 is 12.1 Å². The Labute approximate surface area is 260 Å². The van der Waals surface area contributed by atoms with Crippen LogP contribution in [0.25, 0.3) is 0 Å². The van der Waals surface area contributed by atoms with Gasteiger partial charge in [-0.05, 0) is 80.6 Å². The highest BCUT2D eigenvalue weighted by atomic mass is 16.6. The lowest BCUT2D eigenvalue weighted by atomic mass is 9.92. The van der Waals surface area contributed by atoms with E-state index in [4.69, 9.17) is 14.2 Å². The largest absolute Gasteiger partial charge is 0.489 e. The normalized spacial score (nSPS) is 14.4. The molecule has 0 aromatic heterocycles. The molecule has 0 saturated heterocycles. The lowest BCUT2D eigenvalue weighted by Crippen LogP contribution is -2.49. The fraction of sp³-hybridized carbons (Fsp3) is 0.400. The Balaban J connectivity index is 1.49. The van der Waals surface area contributed by atoms with Crippen molar-refractivity contribution in [1.29, 1.82) is 0 Å².